The van der Waals surface area contributed by atoms with Gasteiger partial charge in [0.1, 0.15) is 0 Å². The van der Waals surface area contributed by atoms with Crippen molar-refractivity contribution in [3.63, 3.8) is 0 Å². The molecular formula is C12H15BrN2. The normalized spacial score (nSPS) is 10.1. The van der Waals surface area contributed by atoms with Crippen LogP contribution in [0.15, 0.2) is 22.7 Å². The summed E-state index contributed by atoms with van der Waals surface area (Å²) in [6, 6.07) is 7.80. The molecule has 0 saturated heterocycles. The maximum Gasteiger partial charge on any atom is 0.0992 e. The molecule has 0 saturated carbocycles. The van der Waals surface area contributed by atoms with Gasteiger partial charge in [-0.3, -0.25) is 0 Å². The number of nitriles is 1. The highest BCUT2D eigenvalue weighted by molar-refractivity contribution is 9.10. The van der Waals surface area contributed by atoms with E-state index in [4.69, 9.17) is 5.26 Å². The van der Waals surface area contributed by atoms with Crippen LogP contribution in [0.4, 0.5) is 5.69 Å². The minimum absolute atomic E-state index is 0.623. The standard InChI is InChI=1S/C12H15BrN2/c1-9(2)8-15(3)12-5-4-10(7-14)6-11(12)13/h4-6,9H,8H2,1-3H3. The van der Waals surface area contributed by atoms with Crippen molar-refractivity contribution in [2.24, 2.45) is 5.92 Å². The Hall–Kier alpha value is -1.01. The van der Waals surface area contributed by atoms with E-state index in [9.17, 15) is 0 Å². The highest BCUT2D eigenvalue weighted by Gasteiger charge is 2.07. The summed E-state index contributed by atoms with van der Waals surface area (Å²) in [6.45, 7) is 5.38. The largest absolute Gasteiger partial charge is 0.373 e. The summed E-state index contributed by atoms with van der Waals surface area (Å²) in [4.78, 5) is 2.19. The van der Waals surface area contributed by atoms with Crippen LogP contribution in [0, 0.1) is 17.2 Å². The third kappa shape index (κ3) is 3.24. The smallest absolute Gasteiger partial charge is 0.0992 e. The van der Waals surface area contributed by atoms with Crippen LogP contribution in [0.1, 0.15) is 19.4 Å². The molecule has 15 heavy (non-hydrogen) atoms. The van der Waals surface area contributed by atoms with Crippen molar-refractivity contribution in [1.82, 2.24) is 0 Å². The van der Waals surface area contributed by atoms with Gasteiger partial charge in [0.15, 0.2) is 0 Å². The molecular weight excluding hydrogens is 252 g/mol. The first-order valence-corrected chi connectivity index (χ1v) is 5.74. The minimum Gasteiger partial charge on any atom is -0.373 e. The van der Waals surface area contributed by atoms with Gasteiger partial charge in [0, 0.05) is 18.1 Å². The quantitative estimate of drug-likeness (QED) is 0.839. The molecule has 0 radical (unpaired) electrons. The zero-order valence-electron chi connectivity index (χ0n) is 9.29. The van der Waals surface area contributed by atoms with Gasteiger partial charge in [0.05, 0.1) is 17.3 Å². The first-order chi connectivity index (χ1) is 7.04. The summed E-state index contributed by atoms with van der Waals surface area (Å²) in [6.07, 6.45) is 0. The lowest BCUT2D eigenvalue weighted by Crippen LogP contribution is -2.22. The van der Waals surface area contributed by atoms with Crippen molar-refractivity contribution in [2.45, 2.75) is 13.8 Å². The van der Waals surface area contributed by atoms with Crippen molar-refractivity contribution in [3.8, 4) is 6.07 Å². The second kappa shape index (κ2) is 5.18. The average molecular weight is 267 g/mol. The Labute approximate surface area is 99.6 Å². The fourth-order valence-corrected chi connectivity index (χ4v) is 2.21. The fourth-order valence-electron chi connectivity index (χ4n) is 1.53. The number of nitrogens with zero attached hydrogens (tertiary/aromatic N) is 2. The number of anilines is 1. The van der Waals surface area contributed by atoms with E-state index in [-0.39, 0.29) is 0 Å². The lowest BCUT2D eigenvalue weighted by atomic mass is 10.1. The predicted molar refractivity (Wildman–Crippen MR) is 67.0 cm³/mol. The molecule has 2 nitrogen and oxygen atoms in total. The lowest BCUT2D eigenvalue weighted by molar-refractivity contribution is 0.638. The molecule has 0 N–H and O–H groups in total. The monoisotopic (exact) mass is 266 g/mol. The number of rotatable bonds is 3. The number of halogens is 1. The molecule has 0 aliphatic heterocycles. The summed E-state index contributed by atoms with van der Waals surface area (Å²) in [5, 5.41) is 8.75. The van der Waals surface area contributed by atoms with Gasteiger partial charge in [-0.05, 0) is 40.0 Å². The molecule has 3 heteroatoms. The van der Waals surface area contributed by atoms with Crippen LogP contribution >= 0.6 is 15.9 Å². The molecule has 0 unspecified atom stereocenters. The Morgan fingerprint density at radius 3 is 2.60 bits per heavy atom. The second-order valence-electron chi connectivity index (χ2n) is 4.05. The Bertz CT molecular complexity index is 380. The molecule has 0 aromatic heterocycles. The van der Waals surface area contributed by atoms with Gasteiger partial charge in [0.2, 0.25) is 0 Å². The van der Waals surface area contributed by atoms with Gasteiger partial charge >= 0.3 is 0 Å². The van der Waals surface area contributed by atoms with Crippen LogP contribution in [0.25, 0.3) is 0 Å². The summed E-state index contributed by atoms with van der Waals surface area (Å²) in [7, 11) is 2.06. The van der Waals surface area contributed by atoms with E-state index in [1.54, 1.807) is 0 Å². The number of benzene rings is 1. The molecule has 0 fully saturated rings. The molecule has 0 spiro atoms. The maximum atomic E-state index is 8.75. The van der Waals surface area contributed by atoms with E-state index in [0.29, 0.717) is 11.5 Å². The first-order valence-electron chi connectivity index (χ1n) is 4.95. The van der Waals surface area contributed by atoms with E-state index >= 15 is 0 Å². The third-order valence-electron chi connectivity index (χ3n) is 2.13. The Kier molecular flexibility index (Phi) is 4.16. The topological polar surface area (TPSA) is 27.0 Å². The molecule has 0 atom stereocenters. The Morgan fingerprint density at radius 1 is 1.47 bits per heavy atom. The molecule has 0 aliphatic rings. The van der Waals surface area contributed by atoms with Crippen LogP contribution in [-0.2, 0) is 0 Å². The minimum atomic E-state index is 0.623. The molecule has 0 heterocycles. The maximum absolute atomic E-state index is 8.75. The van der Waals surface area contributed by atoms with Crippen LogP contribution < -0.4 is 4.90 Å². The van der Waals surface area contributed by atoms with Crippen molar-refractivity contribution >= 4 is 21.6 Å². The van der Waals surface area contributed by atoms with Crippen molar-refractivity contribution in [1.29, 1.82) is 5.26 Å². The zero-order valence-corrected chi connectivity index (χ0v) is 10.9. The Balaban J connectivity index is 2.91. The first kappa shape index (κ1) is 12.1. The van der Waals surface area contributed by atoms with E-state index in [1.165, 1.54) is 0 Å². The van der Waals surface area contributed by atoms with Gasteiger partial charge in [-0.1, -0.05) is 13.8 Å². The molecule has 1 aromatic rings. The van der Waals surface area contributed by atoms with Crippen LogP contribution in [0.3, 0.4) is 0 Å². The van der Waals surface area contributed by atoms with Gasteiger partial charge < -0.3 is 4.90 Å². The zero-order chi connectivity index (χ0) is 11.4. The Morgan fingerprint density at radius 2 is 2.13 bits per heavy atom. The van der Waals surface area contributed by atoms with Crippen molar-refractivity contribution in [2.75, 3.05) is 18.5 Å². The van der Waals surface area contributed by atoms with E-state index in [0.717, 1.165) is 16.7 Å². The van der Waals surface area contributed by atoms with Crippen molar-refractivity contribution in [3.05, 3.63) is 28.2 Å². The molecule has 1 rings (SSSR count). The molecule has 0 amide bonds. The van der Waals surface area contributed by atoms with Crippen LogP contribution in [0.5, 0.6) is 0 Å². The lowest BCUT2D eigenvalue weighted by Gasteiger charge is -2.22. The van der Waals surface area contributed by atoms with Crippen molar-refractivity contribution < 1.29 is 0 Å². The molecule has 1 aromatic carbocycles. The van der Waals surface area contributed by atoms with Gasteiger partial charge in [-0.2, -0.15) is 5.26 Å². The summed E-state index contributed by atoms with van der Waals surface area (Å²) < 4.78 is 0.977. The van der Waals surface area contributed by atoms with Crippen LogP contribution in [0.2, 0.25) is 0 Å². The van der Waals surface area contributed by atoms with E-state index < -0.39 is 0 Å². The van der Waals surface area contributed by atoms with Crippen LogP contribution in [-0.4, -0.2) is 13.6 Å². The van der Waals surface area contributed by atoms with E-state index in [1.807, 2.05) is 18.2 Å². The second-order valence-corrected chi connectivity index (χ2v) is 4.91. The highest BCUT2D eigenvalue weighted by atomic mass is 79.9. The third-order valence-corrected chi connectivity index (χ3v) is 2.76. The average Bonchev–Trinajstić information content (AvgIpc) is 2.16. The summed E-state index contributed by atoms with van der Waals surface area (Å²) >= 11 is 3.49. The van der Waals surface area contributed by atoms with Gasteiger partial charge in [0.25, 0.3) is 0 Å². The molecule has 0 aliphatic carbocycles. The number of hydrogen-bond acceptors (Lipinski definition) is 2. The highest BCUT2D eigenvalue weighted by Crippen LogP contribution is 2.26. The molecule has 0 bridgehead atoms. The fraction of sp³-hybridized carbons (Fsp3) is 0.417. The summed E-state index contributed by atoms with van der Waals surface area (Å²) in [5.41, 5.74) is 1.81. The number of hydrogen-bond donors (Lipinski definition) is 0. The SMILES string of the molecule is CC(C)CN(C)c1ccc(C#N)cc1Br. The predicted octanol–water partition coefficient (Wildman–Crippen LogP) is 3.41. The summed E-state index contributed by atoms with van der Waals surface area (Å²) in [5.74, 6) is 0.623. The van der Waals surface area contributed by atoms with Gasteiger partial charge in [-0.15, -0.1) is 0 Å². The van der Waals surface area contributed by atoms with Gasteiger partial charge in [-0.25, -0.2) is 0 Å². The molecule has 80 valence electrons. The van der Waals surface area contributed by atoms with E-state index in [2.05, 4.69) is 47.8 Å².